The summed E-state index contributed by atoms with van der Waals surface area (Å²) in [6.07, 6.45) is 4.24. The molecule has 0 amide bonds. The van der Waals surface area contributed by atoms with Crippen molar-refractivity contribution >= 4 is 0 Å². The zero-order chi connectivity index (χ0) is 11.4. The van der Waals surface area contributed by atoms with Gasteiger partial charge in [-0.1, -0.05) is 37.6 Å². The largest absolute Gasteiger partial charge is 0.387 e. The lowest BCUT2D eigenvalue weighted by Gasteiger charge is -2.28. The van der Waals surface area contributed by atoms with Crippen LogP contribution in [0.2, 0.25) is 0 Å². The molecule has 0 saturated carbocycles. The maximum Gasteiger partial charge on any atom is 0.0942 e. The number of hydrogen-bond donors (Lipinski definition) is 2. The predicted octanol–water partition coefficient (Wildman–Crippen LogP) is 2.42. The van der Waals surface area contributed by atoms with Gasteiger partial charge in [0.2, 0.25) is 0 Å². The van der Waals surface area contributed by atoms with E-state index in [0.717, 1.165) is 24.9 Å². The van der Waals surface area contributed by atoms with Gasteiger partial charge in [-0.3, -0.25) is 0 Å². The first kappa shape index (κ1) is 11.6. The molecule has 2 heteroatoms. The molecular weight excluding hydrogens is 198 g/mol. The predicted molar refractivity (Wildman–Crippen MR) is 66.4 cm³/mol. The van der Waals surface area contributed by atoms with Crippen LogP contribution >= 0.6 is 0 Å². The molecule has 0 aromatic heterocycles. The van der Waals surface area contributed by atoms with E-state index in [9.17, 15) is 5.11 Å². The summed E-state index contributed by atoms with van der Waals surface area (Å²) in [5.41, 5.74) is 2.36. The van der Waals surface area contributed by atoms with Gasteiger partial charge in [0.05, 0.1) is 6.10 Å². The molecule has 2 unspecified atom stereocenters. The summed E-state index contributed by atoms with van der Waals surface area (Å²) < 4.78 is 0. The molecule has 0 radical (unpaired) electrons. The Labute approximate surface area is 97.7 Å². The Morgan fingerprint density at radius 1 is 1.31 bits per heavy atom. The van der Waals surface area contributed by atoms with Crippen LogP contribution in [0.3, 0.4) is 0 Å². The molecule has 0 aliphatic carbocycles. The van der Waals surface area contributed by atoms with Crippen LogP contribution in [0.4, 0.5) is 0 Å². The second-order valence-electron chi connectivity index (χ2n) is 4.60. The van der Waals surface area contributed by atoms with Gasteiger partial charge in [0.15, 0.2) is 0 Å². The van der Waals surface area contributed by atoms with Crippen LogP contribution < -0.4 is 5.32 Å². The highest BCUT2D eigenvalue weighted by Crippen LogP contribution is 2.23. The monoisotopic (exact) mass is 219 g/mol. The number of nitrogens with one attached hydrogen (secondary N) is 1. The van der Waals surface area contributed by atoms with Crippen molar-refractivity contribution < 1.29 is 5.11 Å². The average molecular weight is 219 g/mol. The number of rotatable bonds is 3. The van der Waals surface area contributed by atoms with Crippen LogP contribution in [0.1, 0.15) is 43.4 Å². The topological polar surface area (TPSA) is 32.3 Å². The van der Waals surface area contributed by atoms with Crippen molar-refractivity contribution in [3.8, 4) is 0 Å². The summed E-state index contributed by atoms with van der Waals surface area (Å²) in [7, 11) is 0. The van der Waals surface area contributed by atoms with Crippen molar-refractivity contribution in [2.75, 3.05) is 6.54 Å². The van der Waals surface area contributed by atoms with Gasteiger partial charge in [0.1, 0.15) is 0 Å². The maximum absolute atomic E-state index is 10.2. The molecule has 1 saturated heterocycles. The Balaban J connectivity index is 2.04. The molecule has 88 valence electrons. The van der Waals surface area contributed by atoms with Crippen molar-refractivity contribution in [2.45, 2.75) is 44.8 Å². The molecule has 1 heterocycles. The third kappa shape index (κ3) is 2.63. The van der Waals surface area contributed by atoms with Crippen LogP contribution in [0.5, 0.6) is 0 Å². The molecule has 1 aromatic carbocycles. The zero-order valence-corrected chi connectivity index (χ0v) is 9.95. The molecule has 1 aliphatic heterocycles. The Hall–Kier alpha value is -0.860. The Kier molecular flexibility index (Phi) is 3.97. The van der Waals surface area contributed by atoms with E-state index >= 15 is 0 Å². The quantitative estimate of drug-likeness (QED) is 0.818. The first-order valence-corrected chi connectivity index (χ1v) is 6.31. The molecule has 2 rings (SSSR count). The number of piperidine rings is 1. The molecule has 2 nitrogen and oxygen atoms in total. The van der Waals surface area contributed by atoms with Crippen LogP contribution in [0.25, 0.3) is 0 Å². The highest BCUT2D eigenvalue weighted by Gasteiger charge is 2.22. The van der Waals surface area contributed by atoms with E-state index in [1.165, 1.54) is 18.4 Å². The van der Waals surface area contributed by atoms with E-state index in [1.807, 2.05) is 0 Å². The van der Waals surface area contributed by atoms with Gasteiger partial charge in [0.25, 0.3) is 0 Å². The molecule has 2 atom stereocenters. The summed E-state index contributed by atoms with van der Waals surface area (Å²) in [4.78, 5) is 0. The number of aliphatic hydroxyl groups excluding tert-OH is 1. The zero-order valence-electron chi connectivity index (χ0n) is 9.95. The van der Waals surface area contributed by atoms with Crippen molar-refractivity contribution in [1.29, 1.82) is 0 Å². The van der Waals surface area contributed by atoms with E-state index in [-0.39, 0.29) is 12.1 Å². The van der Waals surface area contributed by atoms with Gasteiger partial charge in [-0.2, -0.15) is 0 Å². The second kappa shape index (κ2) is 5.46. The fraction of sp³-hybridized carbons (Fsp3) is 0.571. The van der Waals surface area contributed by atoms with Crippen LogP contribution in [0.15, 0.2) is 24.3 Å². The molecule has 16 heavy (non-hydrogen) atoms. The third-order valence-electron chi connectivity index (χ3n) is 3.46. The Morgan fingerprint density at radius 3 is 2.62 bits per heavy atom. The minimum atomic E-state index is -0.355. The van der Waals surface area contributed by atoms with E-state index in [1.54, 1.807) is 0 Å². The van der Waals surface area contributed by atoms with Crippen molar-refractivity contribution in [3.63, 3.8) is 0 Å². The lowest BCUT2D eigenvalue weighted by atomic mass is 9.94. The number of aryl methyl sites for hydroxylation is 1. The van der Waals surface area contributed by atoms with Crippen LogP contribution in [-0.2, 0) is 6.42 Å². The number of aliphatic hydroxyl groups is 1. The molecule has 1 aromatic rings. The maximum atomic E-state index is 10.2. The van der Waals surface area contributed by atoms with E-state index in [4.69, 9.17) is 0 Å². The highest BCUT2D eigenvalue weighted by molar-refractivity contribution is 5.25. The van der Waals surface area contributed by atoms with Gasteiger partial charge in [-0.15, -0.1) is 0 Å². The van der Waals surface area contributed by atoms with Gasteiger partial charge in [0, 0.05) is 6.04 Å². The van der Waals surface area contributed by atoms with E-state index < -0.39 is 0 Å². The van der Waals surface area contributed by atoms with Gasteiger partial charge in [-0.25, -0.2) is 0 Å². The molecule has 2 N–H and O–H groups in total. The van der Waals surface area contributed by atoms with Gasteiger partial charge in [-0.05, 0) is 36.9 Å². The second-order valence-corrected chi connectivity index (χ2v) is 4.60. The van der Waals surface area contributed by atoms with Crippen molar-refractivity contribution in [3.05, 3.63) is 35.4 Å². The fourth-order valence-corrected chi connectivity index (χ4v) is 2.33. The first-order chi connectivity index (χ1) is 7.81. The lowest BCUT2D eigenvalue weighted by molar-refractivity contribution is 0.114. The molecular formula is C14H21NO. The molecule has 0 spiro atoms. The average Bonchev–Trinajstić information content (AvgIpc) is 2.39. The van der Waals surface area contributed by atoms with Crippen LogP contribution in [-0.4, -0.2) is 17.7 Å². The minimum absolute atomic E-state index is 0.237. The SMILES string of the molecule is CCc1ccc(C(O)C2CCCCN2)cc1. The van der Waals surface area contributed by atoms with Crippen molar-refractivity contribution in [1.82, 2.24) is 5.32 Å². The number of benzene rings is 1. The minimum Gasteiger partial charge on any atom is -0.387 e. The molecule has 1 fully saturated rings. The Bertz CT molecular complexity index is 314. The van der Waals surface area contributed by atoms with E-state index in [2.05, 4.69) is 36.5 Å². The summed E-state index contributed by atoms with van der Waals surface area (Å²) in [5, 5.41) is 13.6. The number of hydrogen-bond acceptors (Lipinski definition) is 2. The summed E-state index contributed by atoms with van der Waals surface area (Å²) in [6.45, 7) is 3.18. The normalized spacial score (nSPS) is 23.0. The summed E-state index contributed by atoms with van der Waals surface area (Å²) >= 11 is 0. The molecule has 0 bridgehead atoms. The van der Waals surface area contributed by atoms with Crippen molar-refractivity contribution in [2.24, 2.45) is 0 Å². The summed E-state index contributed by atoms with van der Waals surface area (Å²) in [5.74, 6) is 0. The van der Waals surface area contributed by atoms with Gasteiger partial charge >= 0.3 is 0 Å². The standard InChI is InChI=1S/C14H21NO/c1-2-11-6-8-12(9-7-11)14(16)13-5-3-4-10-15-13/h6-9,13-16H,2-5,10H2,1H3. The van der Waals surface area contributed by atoms with E-state index in [0.29, 0.717) is 0 Å². The smallest absolute Gasteiger partial charge is 0.0942 e. The fourth-order valence-electron chi connectivity index (χ4n) is 2.33. The molecule has 1 aliphatic rings. The highest BCUT2D eigenvalue weighted by atomic mass is 16.3. The lowest BCUT2D eigenvalue weighted by Crippen LogP contribution is -2.38. The van der Waals surface area contributed by atoms with Crippen LogP contribution in [0, 0.1) is 0 Å². The third-order valence-corrected chi connectivity index (χ3v) is 3.46. The van der Waals surface area contributed by atoms with Gasteiger partial charge < -0.3 is 10.4 Å². The Morgan fingerprint density at radius 2 is 2.06 bits per heavy atom. The first-order valence-electron chi connectivity index (χ1n) is 6.31. The summed E-state index contributed by atoms with van der Waals surface area (Å²) in [6, 6.07) is 8.57.